The first kappa shape index (κ1) is 29.8. The van der Waals surface area contributed by atoms with Gasteiger partial charge in [-0.15, -0.1) is 0 Å². The molecule has 3 amide bonds. The molecule has 0 spiro atoms. The van der Waals surface area contributed by atoms with Gasteiger partial charge in [-0.05, 0) is 74.1 Å². The molecule has 234 valence electrons. The SMILES string of the molecule is C=CC1=C(C)C2=NC1=CC1=NC(=CC3=C(C)C4=C(O)CC(=C5NC(=C2)[C@@H](C)[C@@H]5CCC(=O)N2C(=O)CCC2=O)C4=N3)C(CC)=C1C. The number of aliphatic hydroxyl groups is 1. The fourth-order valence-electron chi connectivity index (χ4n) is 7.63. The summed E-state index contributed by atoms with van der Waals surface area (Å²) < 4.78 is 0. The molecule has 0 unspecified atom stereocenters. The first-order valence-corrected chi connectivity index (χ1v) is 16.0. The average molecular weight is 616 g/mol. The minimum absolute atomic E-state index is 0.0462. The lowest BCUT2D eigenvalue weighted by atomic mass is 9.86. The summed E-state index contributed by atoms with van der Waals surface area (Å²) in [7, 11) is 0. The number of hydrogen-bond donors (Lipinski definition) is 2. The molecule has 2 atom stereocenters. The number of rotatable bonds is 5. The highest BCUT2D eigenvalue weighted by Gasteiger charge is 2.42. The Hall–Kier alpha value is -4.92. The van der Waals surface area contributed by atoms with Gasteiger partial charge in [0.15, 0.2) is 0 Å². The third-order valence-electron chi connectivity index (χ3n) is 10.3. The van der Waals surface area contributed by atoms with Crippen molar-refractivity contribution in [3.8, 4) is 0 Å². The molecule has 0 aromatic carbocycles. The van der Waals surface area contributed by atoms with Crippen LogP contribution in [0.2, 0.25) is 0 Å². The predicted molar refractivity (Wildman–Crippen MR) is 178 cm³/mol. The number of imide groups is 3. The maximum atomic E-state index is 13.1. The molecule has 0 saturated carbocycles. The molecule has 2 saturated heterocycles. The van der Waals surface area contributed by atoms with Crippen molar-refractivity contribution in [1.29, 1.82) is 0 Å². The van der Waals surface area contributed by atoms with E-state index in [1.165, 1.54) is 0 Å². The standard InChI is InChI=1S/C37H37N5O4/c1-7-21-17(3)25-14-27-19(5)23(9-10-32(44)42-33(45)11-12-34(42)46)36(40-27)24-13-31(43)35-20(6)28(41-37(24)35)16-30-22(8-2)18(4)26(39-30)15-29(21)38-25/h7,14-16,19,23,40,43H,1,8-13H2,2-6H3/t19-,23-/m0/s1. The number of nitrogens with one attached hydrogen (secondary N) is 1. The van der Waals surface area contributed by atoms with E-state index in [1.54, 1.807) is 0 Å². The first-order valence-electron chi connectivity index (χ1n) is 16.0. The van der Waals surface area contributed by atoms with Crippen LogP contribution in [0.4, 0.5) is 0 Å². The first-order chi connectivity index (χ1) is 22.0. The molecule has 9 heteroatoms. The lowest BCUT2D eigenvalue weighted by molar-refractivity contribution is -0.149. The number of allylic oxidation sites excluding steroid dienone is 12. The van der Waals surface area contributed by atoms with Crippen LogP contribution in [0.5, 0.6) is 0 Å². The zero-order chi connectivity index (χ0) is 32.6. The van der Waals surface area contributed by atoms with Gasteiger partial charge in [0.1, 0.15) is 5.76 Å². The van der Waals surface area contributed by atoms with Gasteiger partial charge in [-0.25, -0.2) is 19.9 Å². The van der Waals surface area contributed by atoms with E-state index in [1.807, 2.05) is 32.1 Å². The molecule has 6 aliphatic heterocycles. The van der Waals surface area contributed by atoms with Crippen molar-refractivity contribution < 1.29 is 19.5 Å². The highest BCUT2D eigenvalue weighted by Crippen LogP contribution is 2.46. The monoisotopic (exact) mass is 615 g/mol. The Labute approximate surface area is 268 Å². The maximum absolute atomic E-state index is 13.1. The van der Waals surface area contributed by atoms with Crippen molar-refractivity contribution >= 4 is 34.9 Å². The number of hydrogen-bond acceptors (Lipinski definition) is 8. The van der Waals surface area contributed by atoms with Gasteiger partial charge in [0.05, 0.1) is 34.2 Å². The molecule has 0 aromatic rings. The third kappa shape index (κ3) is 4.43. The Morgan fingerprint density at radius 3 is 2.41 bits per heavy atom. The fourth-order valence-corrected chi connectivity index (χ4v) is 7.63. The Balaban J connectivity index is 1.38. The van der Waals surface area contributed by atoms with Crippen LogP contribution in [0.3, 0.4) is 0 Å². The van der Waals surface area contributed by atoms with Crippen LogP contribution >= 0.6 is 0 Å². The fraction of sp³-hybridized carbons (Fsp3) is 0.351. The number of nitrogens with zero attached hydrogens (tertiary/aromatic N) is 4. The zero-order valence-electron chi connectivity index (χ0n) is 26.9. The lowest BCUT2D eigenvalue weighted by Gasteiger charge is -2.19. The highest BCUT2D eigenvalue weighted by atomic mass is 16.3. The van der Waals surface area contributed by atoms with Crippen LogP contribution in [-0.2, 0) is 14.4 Å². The van der Waals surface area contributed by atoms with Gasteiger partial charge in [0, 0.05) is 65.6 Å². The van der Waals surface area contributed by atoms with E-state index in [9.17, 15) is 19.5 Å². The van der Waals surface area contributed by atoms with Crippen LogP contribution < -0.4 is 5.32 Å². The van der Waals surface area contributed by atoms with Crippen molar-refractivity contribution in [2.24, 2.45) is 26.8 Å². The summed E-state index contributed by atoms with van der Waals surface area (Å²) in [6.45, 7) is 14.4. The van der Waals surface area contributed by atoms with Crippen molar-refractivity contribution in [2.75, 3.05) is 0 Å². The molecule has 0 aromatic heterocycles. The summed E-state index contributed by atoms with van der Waals surface area (Å²) in [6, 6.07) is 0. The van der Waals surface area contributed by atoms with Crippen LogP contribution in [0, 0.1) is 11.8 Å². The molecule has 7 aliphatic rings. The van der Waals surface area contributed by atoms with Crippen LogP contribution in [0.1, 0.15) is 73.1 Å². The van der Waals surface area contributed by atoms with Crippen molar-refractivity contribution in [1.82, 2.24) is 10.2 Å². The number of carbonyl (C=O) groups is 3. The summed E-state index contributed by atoms with van der Waals surface area (Å²) in [6.07, 6.45) is 9.67. The van der Waals surface area contributed by atoms with Crippen molar-refractivity contribution in [3.05, 3.63) is 104 Å². The molecule has 0 radical (unpaired) electrons. The molecule has 1 aliphatic carbocycles. The van der Waals surface area contributed by atoms with E-state index >= 15 is 0 Å². The highest BCUT2D eigenvalue weighted by molar-refractivity contribution is 6.21. The molecular weight excluding hydrogens is 578 g/mol. The van der Waals surface area contributed by atoms with E-state index < -0.39 is 17.7 Å². The Morgan fingerprint density at radius 2 is 1.72 bits per heavy atom. The molecule has 6 heterocycles. The van der Waals surface area contributed by atoms with E-state index in [0.29, 0.717) is 12.8 Å². The van der Waals surface area contributed by atoms with Gasteiger partial charge in [-0.1, -0.05) is 26.5 Å². The summed E-state index contributed by atoms with van der Waals surface area (Å²) in [5.74, 6) is -1.25. The Kier molecular flexibility index (Phi) is 7.03. The largest absolute Gasteiger partial charge is 0.511 e. The normalized spacial score (nSPS) is 25.5. The molecule has 8 bridgehead atoms. The summed E-state index contributed by atoms with van der Waals surface area (Å²) >= 11 is 0. The van der Waals surface area contributed by atoms with E-state index in [0.717, 1.165) is 96.0 Å². The molecule has 2 N–H and O–H groups in total. The minimum atomic E-state index is -0.465. The zero-order valence-corrected chi connectivity index (χ0v) is 26.9. The van der Waals surface area contributed by atoms with Gasteiger partial charge >= 0.3 is 0 Å². The second-order valence-corrected chi connectivity index (χ2v) is 12.8. The topological polar surface area (TPSA) is 124 Å². The van der Waals surface area contributed by atoms with Gasteiger partial charge in [-0.2, -0.15) is 0 Å². The average Bonchev–Trinajstić information content (AvgIpc) is 3.82. The molecular formula is C37H37N5O4. The van der Waals surface area contributed by atoms with Crippen LogP contribution in [0.15, 0.2) is 119 Å². The van der Waals surface area contributed by atoms with Crippen LogP contribution in [-0.4, -0.2) is 44.9 Å². The smallest absolute Gasteiger partial charge is 0.236 e. The minimum Gasteiger partial charge on any atom is -0.511 e. The number of likely N-dealkylation sites (tertiary alicyclic amines) is 1. The second-order valence-electron chi connectivity index (χ2n) is 12.8. The molecule has 46 heavy (non-hydrogen) atoms. The van der Waals surface area contributed by atoms with Gasteiger partial charge in [0.2, 0.25) is 17.7 Å². The summed E-state index contributed by atoms with van der Waals surface area (Å²) in [5.41, 5.74) is 13.4. The van der Waals surface area contributed by atoms with Crippen molar-refractivity contribution in [2.45, 2.75) is 73.1 Å². The summed E-state index contributed by atoms with van der Waals surface area (Å²) in [4.78, 5) is 53.7. The van der Waals surface area contributed by atoms with Gasteiger partial charge in [0.25, 0.3) is 0 Å². The lowest BCUT2D eigenvalue weighted by Crippen LogP contribution is -2.35. The van der Waals surface area contributed by atoms with E-state index in [-0.39, 0.29) is 36.9 Å². The van der Waals surface area contributed by atoms with Crippen molar-refractivity contribution in [3.63, 3.8) is 0 Å². The van der Waals surface area contributed by atoms with Gasteiger partial charge < -0.3 is 10.4 Å². The van der Waals surface area contributed by atoms with Gasteiger partial charge in [-0.3, -0.25) is 14.4 Å². The summed E-state index contributed by atoms with van der Waals surface area (Å²) in [5, 5.41) is 14.9. The molecule has 7 rings (SSSR count). The number of amides is 3. The second kappa shape index (κ2) is 10.9. The third-order valence-corrected chi connectivity index (χ3v) is 10.3. The number of carbonyl (C=O) groups excluding carboxylic acids is 3. The van der Waals surface area contributed by atoms with E-state index in [2.05, 4.69) is 38.7 Å². The Bertz CT molecular complexity index is 1930. The van der Waals surface area contributed by atoms with E-state index in [4.69, 9.17) is 15.0 Å². The maximum Gasteiger partial charge on any atom is 0.236 e. The molecule has 9 nitrogen and oxygen atoms in total. The number of fused-ring (bicyclic) bond motifs is 5. The Morgan fingerprint density at radius 1 is 1.02 bits per heavy atom. The number of aliphatic imine (C=N–C) groups is 3. The quantitative estimate of drug-likeness (QED) is 0.352. The molecule has 2 fully saturated rings. The van der Waals surface area contributed by atoms with Crippen LogP contribution in [0.25, 0.3) is 0 Å². The predicted octanol–water partition coefficient (Wildman–Crippen LogP) is 6.30. The number of aliphatic hydroxyl groups excluding tert-OH is 1.